The van der Waals surface area contributed by atoms with Crippen molar-refractivity contribution >= 4 is 40.5 Å². The monoisotopic (exact) mass is 481 g/mol. The average molecular weight is 482 g/mol. The Kier molecular flexibility index (Phi) is 7.16. The van der Waals surface area contributed by atoms with Crippen molar-refractivity contribution in [2.75, 3.05) is 43.5 Å². The summed E-state index contributed by atoms with van der Waals surface area (Å²) in [6.07, 6.45) is 0.395. The van der Waals surface area contributed by atoms with Crippen LogP contribution >= 0.6 is 23.2 Å². The summed E-state index contributed by atoms with van der Waals surface area (Å²) < 4.78 is 0. The molecule has 0 aromatic heterocycles. The molecule has 1 fully saturated rings. The van der Waals surface area contributed by atoms with Crippen LogP contribution in [0, 0.1) is 6.92 Å². The van der Waals surface area contributed by atoms with Crippen LogP contribution in [0.5, 0.6) is 0 Å². The van der Waals surface area contributed by atoms with E-state index < -0.39 is 0 Å². The number of amides is 1. The number of carbonyl (C=O) groups is 1. The molecule has 3 aromatic carbocycles. The van der Waals surface area contributed by atoms with Gasteiger partial charge in [0.05, 0.1) is 23.2 Å². The van der Waals surface area contributed by atoms with Gasteiger partial charge in [-0.05, 0) is 60.0 Å². The van der Waals surface area contributed by atoms with Crippen LogP contribution in [0.3, 0.4) is 0 Å². The lowest BCUT2D eigenvalue weighted by Gasteiger charge is -2.43. The number of anilines is 2. The predicted octanol–water partition coefficient (Wildman–Crippen LogP) is 6.00. The number of halogens is 2. The highest BCUT2D eigenvalue weighted by atomic mass is 35.5. The van der Waals surface area contributed by atoms with E-state index in [4.69, 9.17) is 23.2 Å². The van der Waals surface area contributed by atoms with Gasteiger partial charge in [-0.1, -0.05) is 53.5 Å². The molecule has 172 valence electrons. The summed E-state index contributed by atoms with van der Waals surface area (Å²) in [5.74, 6) is 0.140. The lowest BCUT2D eigenvalue weighted by Crippen LogP contribution is -2.51. The molecule has 0 aliphatic carbocycles. The van der Waals surface area contributed by atoms with Crippen molar-refractivity contribution in [1.29, 1.82) is 0 Å². The second kappa shape index (κ2) is 10.1. The van der Waals surface area contributed by atoms with E-state index in [2.05, 4.69) is 34.1 Å². The number of aryl methyl sites for hydroxylation is 1. The van der Waals surface area contributed by atoms with Gasteiger partial charge < -0.3 is 14.7 Å². The topological polar surface area (TPSA) is 26.8 Å². The van der Waals surface area contributed by atoms with Crippen LogP contribution in [-0.4, -0.2) is 44.5 Å². The van der Waals surface area contributed by atoms with Gasteiger partial charge in [-0.3, -0.25) is 4.79 Å². The third-order valence-electron chi connectivity index (χ3n) is 6.21. The van der Waals surface area contributed by atoms with E-state index in [0.29, 0.717) is 31.1 Å². The summed E-state index contributed by atoms with van der Waals surface area (Å²) in [6, 6.07) is 22.2. The van der Waals surface area contributed by atoms with Crippen LogP contribution in [0.2, 0.25) is 10.0 Å². The molecule has 4 rings (SSSR count). The maximum absolute atomic E-state index is 13.2. The molecule has 1 saturated heterocycles. The Balaban J connectivity index is 1.56. The molecule has 33 heavy (non-hydrogen) atoms. The molecule has 4 nitrogen and oxygen atoms in total. The van der Waals surface area contributed by atoms with E-state index in [9.17, 15) is 4.79 Å². The summed E-state index contributed by atoms with van der Waals surface area (Å²) >= 11 is 12.8. The van der Waals surface area contributed by atoms with Crippen LogP contribution in [-0.2, 0) is 11.2 Å². The quantitative estimate of drug-likeness (QED) is 0.446. The molecule has 0 bridgehead atoms. The van der Waals surface area contributed by atoms with E-state index >= 15 is 0 Å². The van der Waals surface area contributed by atoms with E-state index in [1.165, 1.54) is 0 Å². The summed E-state index contributed by atoms with van der Waals surface area (Å²) in [7, 11) is 4.02. The zero-order chi connectivity index (χ0) is 23.5. The molecule has 3 aromatic rings. The first kappa shape index (κ1) is 23.5. The minimum atomic E-state index is -0.00344. The molecule has 0 radical (unpaired) electrons. The van der Waals surface area contributed by atoms with Crippen molar-refractivity contribution in [1.82, 2.24) is 4.90 Å². The van der Waals surface area contributed by atoms with Gasteiger partial charge in [0.15, 0.2) is 0 Å². The van der Waals surface area contributed by atoms with Crippen molar-refractivity contribution < 1.29 is 4.79 Å². The molecule has 1 atom stereocenters. The van der Waals surface area contributed by atoms with Crippen LogP contribution in [0.25, 0.3) is 0 Å². The second-order valence-corrected chi connectivity index (χ2v) is 9.64. The maximum atomic E-state index is 13.2. The van der Waals surface area contributed by atoms with Gasteiger partial charge >= 0.3 is 0 Å². The zero-order valence-corrected chi connectivity index (χ0v) is 20.8. The third-order valence-corrected chi connectivity index (χ3v) is 6.76. The summed E-state index contributed by atoms with van der Waals surface area (Å²) in [4.78, 5) is 19.6. The molecule has 1 unspecified atom stereocenters. The Morgan fingerprint density at radius 3 is 2.30 bits per heavy atom. The zero-order valence-electron chi connectivity index (χ0n) is 19.3. The number of benzene rings is 3. The molecule has 0 N–H and O–H groups in total. The molecule has 1 aliphatic heterocycles. The fraction of sp³-hybridized carbons (Fsp3) is 0.296. The Bertz CT molecular complexity index is 1110. The highest BCUT2D eigenvalue weighted by Gasteiger charge is 2.31. The maximum Gasteiger partial charge on any atom is 0.227 e. The first-order valence-corrected chi connectivity index (χ1v) is 11.9. The Morgan fingerprint density at radius 1 is 0.970 bits per heavy atom. The minimum absolute atomic E-state index is 0.00344. The van der Waals surface area contributed by atoms with E-state index in [0.717, 1.165) is 33.1 Å². The standard InChI is InChI=1S/C27H29Cl2N3O/c1-19-4-13-25(24(29)16-19)32-15-14-31(18-26(32)21-7-9-22(28)10-8-21)27(33)17-20-5-11-23(12-6-20)30(2)3/h4-13,16,26H,14-15,17-18H2,1-3H3. The van der Waals surface area contributed by atoms with Crippen LogP contribution < -0.4 is 9.80 Å². The molecular formula is C27H29Cl2N3O. The fourth-order valence-corrected chi connectivity index (χ4v) is 4.78. The van der Waals surface area contributed by atoms with Crippen molar-refractivity contribution in [2.24, 2.45) is 0 Å². The molecule has 6 heteroatoms. The number of rotatable bonds is 5. The summed E-state index contributed by atoms with van der Waals surface area (Å²) in [5.41, 5.74) is 5.38. The van der Waals surface area contributed by atoms with Crippen molar-refractivity contribution in [3.63, 3.8) is 0 Å². The highest BCUT2D eigenvalue weighted by Crippen LogP contribution is 2.36. The predicted molar refractivity (Wildman–Crippen MR) is 139 cm³/mol. The third kappa shape index (κ3) is 5.45. The van der Waals surface area contributed by atoms with Gasteiger partial charge in [0.1, 0.15) is 0 Å². The lowest BCUT2D eigenvalue weighted by molar-refractivity contribution is -0.131. The molecular weight excluding hydrogens is 453 g/mol. The first-order valence-electron chi connectivity index (χ1n) is 11.1. The molecule has 1 heterocycles. The largest absolute Gasteiger partial charge is 0.378 e. The molecule has 1 amide bonds. The Labute approximate surface area is 206 Å². The number of carbonyl (C=O) groups excluding carboxylic acids is 1. The van der Waals surface area contributed by atoms with Gasteiger partial charge in [-0.15, -0.1) is 0 Å². The van der Waals surface area contributed by atoms with E-state index in [1.54, 1.807) is 0 Å². The second-order valence-electron chi connectivity index (χ2n) is 8.79. The normalized spacial score (nSPS) is 16.1. The summed E-state index contributed by atoms with van der Waals surface area (Å²) in [6.45, 7) is 4.00. The van der Waals surface area contributed by atoms with Crippen molar-refractivity contribution in [3.05, 3.63) is 93.5 Å². The number of nitrogens with zero attached hydrogens (tertiary/aromatic N) is 3. The van der Waals surface area contributed by atoms with Crippen molar-refractivity contribution in [2.45, 2.75) is 19.4 Å². The van der Waals surface area contributed by atoms with Gasteiger partial charge in [-0.2, -0.15) is 0 Å². The fourth-order valence-electron chi connectivity index (χ4n) is 4.31. The van der Waals surface area contributed by atoms with E-state index in [-0.39, 0.29) is 11.9 Å². The minimum Gasteiger partial charge on any atom is -0.378 e. The number of hydrogen-bond donors (Lipinski definition) is 0. The van der Waals surface area contributed by atoms with Crippen LogP contribution in [0.15, 0.2) is 66.7 Å². The average Bonchev–Trinajstić information content (AvgIpc) is 2.80. The SMILES string of the molecule is Cc1ccc(N2CCN(C(=O)Cc3ccc(N(C)C)cc3)CC2c2ccc(Cl)cc2)c(Cl)c1. The molecule has 1 aliphatic rings. The summed E-state index contributed by atoms with van der Waals surface area (Å²) in [5, 5.41) is 1.43. The highest BCUT2D eigenvalue weighted by molar-refractivity contribution is 6.33. The van der Waals surface area contributed by atoms with Gasteiger partial charge in [-0.25, -0.2) is 0 Å². The first-order chi connectivity index (χ1) is 15.8. The van der Waals surface area contributed by atoms with Crippen molar-refractivity contribution in [3.8, 4) is 0 Å². The van der Waals surface area contributed by atoms with Crippen LogP contribution in [0.4, 0.5) is 11.4 Å². The van der Waals surface area contributed by atoms with Gasteiger partial charge in [0.2, 0.25) is 5.91 Å². The Hall–Kier alpha value is -2.69. The number of hydrogen-bond acceptors (Lipinski definition) is 3. The molecule has 0 saturated carbocycles. The Morgan fingerprint density at radius 2 is 1.67 bits per heavy atom. The van der Waals surface area contributed by atoms with Gasteiger partial charge in [0.25, 0.3) is 0 Å². The molecule has 0 spiro atoms. The lowest BCUT2D eigenvalue weighted by atomic mass is 10.00. The van der Waals surface area contributed by atoms with E-state index in [1.807, 2.05) is 68.4 Å². The number of piperazine rings is 1. The van der Waals surface area contributed by atoms with Gasteiger partial charge in [0, 0.05) is 44.4 Å². The smallest absolute Gasteiger partial charge is 0.227 e. The van der Waals surface area contributed by atoms with Crippen LogP contribution in [0.1, 0.15) is 22.7 Å².